The summed E-state index contributed by atoms with van der Waals surface area (Å²) in [6.45, 7) is 1.84. The second-order valence-corrected chi connectivity index (χ2v) is 9.05. The molecule has 2 aliphatic rings. The predicted molar refractivity (Wildman–Crippen MR) is 132 cm³/mol. The molecular weight excluding hydrogens is 444 g/mol. The number of fused-ring (bicyclic) bond motifs is 3. The molecule has 0 aliphatic heterocycles. The van der Waals surface area contributed by atoms with Gasteiger partial charge in [0.1, 0.15) is 12.6 Å². The van der Waals surface area contributed by atoms with Crippen molar-refractivity contribution in [1.29, 1.82) is 0 Å². The van der Waals surface area contributed by atoms with Gasteiger partial charge in [-0.15, -0.1) is 11.8 Å². The molecule has 2 aromatic rings. The molecule has 0 heterocycles. The highest BCUT2D eigenvalue weighted by Gasteiger charge is 2.31. The van der Waals surface area contributed by atoms with Crippen molar-refractivity contribution in [2.75, 3.05) is 6.61 Å². The van der Waals surface area contributed by atoms with Gasteiger partial charge in [-0.1, -0.05) is 48.5 Å². The van der Waals surface area contributed by atoms with Gasteiger partial charge in [-0.25, -0.2) is 4.79 Å². The molecule has 4 rings (SSSR count). The Morgan fingerprint density at radius 2 is 1.60 bits per heavy atom. The number of hydrogen-bond donors (Lipinski definition) is 3. The molecule has 7 nitrogen and oxygen atoms in total. The van der Waals surface area contributed by atoms with Gasteiger partial charge in [0.2, 0.25) is 5.91 Å². The number of nitrogens with one attached hydrogen (secondary N) is 2. The van der Waals surface area contributed by atoms with E-state index in [1.165, 1.54) is 0 Å². The lowest BCUT2D eigenvalue weighted by Gasteiger charge is -2.28. The number of carbonyl (C=O) groups excluding carboxylic acids is 2. The van der Waals surface area contributed by atoms with Gasteiger partial charge in [-0.05, 0) is 54.9 Å². The summed E-state index contributed by atoms with van der Waals surface area (Å²) in [6, 6.07) is 15.2. The molecule has 0 bridgehead atoms. The number of ether oxygens (including phenoxy) is 1. The van der Waals surface area contributed by atoms with Crippen LogP contribution >= 0.6 is 0 Å². The lowest BCUT2D eigenvalue weighted by atomic mass is 9.86. The van der Waals surface area contributed by atoms with E-state index < -0.39 is 18.1 Å². The van der Waals surface area contributed by atoms with E-state index in [2.05, 4.69) is 34.6 Å². The van der Waals surface area contributed by atoms with Crippen LogP contribution in [0.3, 0.4) is 0 Å². The van der Waals surface area contributed by atoms with Crippen LogP contribution in [0.15, 0.2) is 48.5 Å². The highest BCUT2D eigenvalue weighted by molar-refractivity contribution is 5.86. The summed E-state index contributed by atoms with van der Waals surface area (Å²) in [5.74, 6) is 4.07. The van der Waals surface area contributed by atoms with E-state index in [4.69, 9.17) is 9.84 Å². The van der Waals surface area contributed by atoms with Crippen molar-refractivity contribution in [3.63, 3.8) is 0 Å². The number of rotatable bonds is 7. The standard InChI is InChI=1S/C28H30N2O5/c1-2-3-12-25(26(31)29-19-15-13-18(14-16-19)27(32)33)30-28(34)35-17-24-22-10-6-4-8-20(22)21-9-5-7-11-23(21)24/h4-11,18-19,24-25H,12-17H2,1H3,(H,29,31)(H,30,34)(H,32,33). The number of aliphatic carboxylic acids is 1. The summed E-state index contributed by atoms with van der Waals surface area (Å²) in [4.78, 5) is 36.7. The second-order valence-electron chi connectivity index (χ2n) is 9.05. The summed E-state index contributed by atoms with van der Waals surface area (Å²) >= 11 is 0. The lowest BCUT2D eigenvalue weighted by Crippen LogP contribution is -2.50. The van der Waals surface area contributed by atoms with Gasteiger partial charge in [-0.3, -0.25) is 9.59 Å². The second kappa shape index (κ2) is 11.1. The smallest absolute Gasteiger partial charge is 0.407 e. The van der Waals surface area contributed by atoms with Crippen LogP contribution in [0.25, 0.3) is 11.1 Å². The predicted octanol–water partition coefficient (Wildman–Crippen LogP) is 4.07. The molecule has 0 radical (unpaired) electrons. The van der Waals surface area contributed by atoms with E-state index in [1.807, 2.05) is 36.4 Å². The zero-order valence-corrected chi connectivity index (χ0v) is 19.8. The van der Waals surface area contributed by atoms with Crippen LogP contribution in [0.2, 0.25) is 0 Å². The van der Waals surface area contributed by atoms with Crippen molar-refractivity contribution < 1.29 is 24.2 Å². The molecule has 0 aromatic heterocycles. The maximum absolute atomic E-state index is 12.9. The van der Waals surface area contributed by atoms with E-state index in [1.54, 1.807) is 6.92 Å². The van der Waals surface area contributed by atoms with E-state index in [9.17, 15) is 14.4 Å². The molecule has 182 valence electrons. The van der Waals surface area contributed by atoms with Gasteiger partial charge in [0, 0.05) is 18.4 Å². The SMILES string of the molecule is CC#CCC(NC(=O)OCC1c2ccccc2-c2ccccc21)C(=O)NC1CCC(C(=O)O)CC1. The number of amides is 2. The molecule has 0 saturated heterocycles. The number of carbonyl (C=O) groups is 3. The maximum Gasteiger partial charge on any atom is 0.407 e. The molecule has 0 spiro atoms. The molecule has 2 amide bonds. The number of carboxylic acids is 1. The molecule has 2 aliphatic carbocycles. The van der Waals surface area contributed by atoms with Crippen LogP contribution in [0.4, 0.5) is 4.79 Å². The Balaban J connectivity index is 1.35. The first-order valence-electron chi connectivity index (χ1n) is 12.0. The molecular formula is C28H30N2O5. The van der Waals surface area contributed by atoms with Crippen LogP contribution in [-0.2, 0) is 14.3 Å². The van der Waals surface area contributed by atoms with Crippen LogP contribution in [0, 0.1) is 17.8 Å². The van der Waals surface area contributed by atoms with Gasteiger partial charge in [0.05, 0.1) is 5.92 Å². The van der Waals surface area contributed by atoms with Crippen LogP contribution in [-0.4, -0.2) is 41.8 Å². The van der Waals surface area contributed by atoms with Crippen molar-refractivity contribution in [3.05, 3.63) is 59.7 Å². The first-order valence-corrected chi connectivity index (χ1v) is 12.0. The van der Waals surface area contributed by atoms with Crippen LogP contribution in [0.5, 0.6) is 0 Å². The van der Waals surface area contributed by atoms with Gasteiger partial charge >= 0.3 is 12.1 Å². The molecule has 1 unspecified atom stereocenters. The topological polar surface area (TPSA) is 105 Å². The minimum absolute atomic E-state index is 0.0692. The van der Waals surface area contributed by atoms with E-state index in [0.717, 1.165) is 22.3 Å². The lowest BCUT2D eigenvalue weighted by molar-refractivity contribution is -0.142. The van der Waals surface area contributed by atoms with E-state index >= 15 is 0 Å². The fraction of sp³-hybridized carbons (Fsp3) is 0.393. The Kier molecular flexibility index (Phi) is 7.71. The fourth-order valence-electron chi connectivity index (χ4n) is 4.98. The normalized spacial score (nSPS) is 19.3. The minimum Gasteiger partial charge on any atom is -0.481 e. The molecule has 3 N–H and O–H groups in total. The van der Waals surface area contributed by atoms with Crippen molar-refractivity contribution in [2.45, 2.75) is 57.0 Å². The van der Waals surface area contributed by atoms with Gasteiger partial charge in [0.15, 0.2) is 0 Å². The zero-order chi connectivity index (χ0) is 24.8. The van der Waals surface area contributed by atoms with Crippen molar-refractivity contribution >= 4 is 18.0 Å². The maximum atomic E-state index is 12.9. The Hall–Kier alpha value is -3.79. The molecule has 2 aromatic carbocycles. The molecule has 1 atom stereocenters. The summed E-state index contributed by atoms with van der Waals surface area (Å²) in [5.41, 5.74) is 4.52. The molecule has 1 saturated carbocycles. The minimum atomic E-state index is -0.852. The first kappa shape index (κ1) is 24.3. The monoisotopic (exact) mass is 474 g/mol. The quantitative estimate of drug-likeness (QED) is 0.525. The Morgan fingerprint density at radius 1 is 1.00 bits per heavy atom. The average Bonchev–Trinajstić information content (AvgIpc) is 3.19. The number of benzene rings is 2. The highest BCUT2D eigenvalue weighted by Crippen LogP contribution is 2.44. The van der Waals surface area contributed by atoms with Crippen molar-refractivity contribution in [3.8, 4) is 23.0 Å². The summed E-state index contributed by atoms with van der Waals surface area (Å²) < 4.78 is 5.59. The van der Waals surface area contributed by atoms with Gasteiger partial charge in [0.25, 0.3) is 0 Å². The Bertz CT molecular complexity index is 1110. The summed E-state index contributed by atoms with van der Waals surface area (Å²) in [7, 11) is 0. The third kappa shape index (κ3) is 5.65. The third-order valence-electron chi connectivity index (χ3n) is 6.86. The van der Waals surface area contributed by atoms with Crippen LogP contribution < -0.4 is 10.6 Å². The van der Waals surface area contributed by atoms with Crippen molar-refractivity contribution in [1.82, 2.24) is 10.6 Å². The number of alkyl carbamates (subject to hydrolysis) is 1. The highest BCUT2D eigenvalue weighted by atomic mass is 16.5. The summed E-state index contributed by atoms with van der Waals surface area (Å²) in [5, 5.41) is 14.8. The third-order valence-corrected chi connectivity index (χ3v) is 6.86. The average molecular weight is 475 g/mol. The number of carboxylic acid groups (broad SMARTS) is 1. The number of hydrogen-bond acceptors (Lipinski definition) is 4. The van der Waals surface area contributed by atoms with E-state index in [-0.39, 0.29) is 36.8 Å². The largest absolute Gasteiger partial charge is 0.481 e. The van der Waals surface area contributed by atoms with Gasteiger partial charge in [-0.2, -0.15) is 0 Å². The van der Waals surface area contributed by atoms with Gasteiger partial charge < -0.3 is 20.5 Å². The molecule has 35 heavy (non-hydrogen) atoms. The van der Waals surface area contributed by atoms with Crippen LogP contribution in [0.1, 0.15) is 56.1 Å². The Morgan fingerprint density at radius 3 is 2.17 bits per heavy atom. The first-order chi connectivity index (χ1) is 17.0. The van der Waals surface area contributed by atoms with E-state index in [0.29, 0.717) is 25.7 Å². The molecule has 1 fully saturated rings. The Labute approximate surface area is 205 Å². The van der Waals surface area contributed by atoms with Crippen molar-refractivity contribution in [2.24, 2.45) is 5.92 Å². The summed E-state index contributed by atoms with van der Waals surface area (Å²) in [6.07, 6.45) is 1.75. The zero-order valence-electron chi connectivity index (χ0n) is 19.8. The molecule has 7 heteroatoms. The fourth-order valence-corrected chi connectivity index (χ4v) is 4.98.